The molecule has 3 amide bonds. The second-order valence-corrected chi connectivity index (χ2v) is 21.4. The highest BCUT2D eigenvalue weighted by Gasteiger charge is 2.45. The first-order valence-corrected chi connectivity index (χ1v) is 25.8. The molecule has 0 saturated carbocycles. The van der Waals surface area contributed by atoms with Crippen LogP contribution in [0.4, 0.5) is 21.9 Å². The normalized spacial score (nSPS) is 18.4. The maximum Gasteiger partial charge on any atom is 0.410 e. The van der Waals surface area contributed by atoms with Gasteiger partial charge in [-0.1, -0.05) is 104 Å². The van der Waals surface area contributed by atoms with E-state index in [-0.39, 0.29) is 40.4 Å². The molecule has 4 aliphatic heterocycles. The molecule has 4 aliphatic rings. The lowest BCUT2D eigenvalue weighted by Gasteiger charge is -2.38. The highest BCUT2D eigenvalue weighted by molar-refractivity contribution is 8.31. The van der Waals surface area contributed by atoms with Gasteiger partial charge >= 0.3 is 6.09 Å². The third kappa shape index (κ3) is 11.1. The van der Waals surface area contributed by atoms with Crippen LogP contribution in [-0.4, -0.2) is 100 Å². The smallest absolute Gasteiger partial charge is 0.410 e. The molecule has 4 N–H and O–H groups in total. The Morgan fingerprint density at radius 3 is 1.84 bits per heavy atom. The Morgan fingerprint density at radius 2 is 1.24 bits per heavy atom. The van der Waals surface area contributed by atoms with Gasteiger partial charge in [-0.05, 0) is 93.1 Å². The lowest BCUT2D eigenvalue weighted by molar-refractivity contribution is -0.123. The van der Waals surface area contributed by atoms with Crippen LogP contribution in [0.5, 0.6) is 0 Å². The molecule has 0 spiro atoms. The number of hydrogen-bond acceptors (Lipinski definition) is 12. The first-order valence-electron chi connectivity index (χ1n) is 22.9. The zero-order valence-corrected chi connectivity index (χ0v) is 40.5. The lowest BCUT2D eigenvalue weighted by Crippen LogP contribution is -2.39. The molecule has 4 heterocycles. The molecular weight excluding hydrogens is 893 g/mol. The number of morpholine rings is 1. The van der Waals surface area contributed by atoms with Crippen LogP contribution in [0.3, 0.4) is 0 Å². The second kappa shape index (κ2) is 21.0. The van der Waals surface area contributed by atoms with Crippen molar-refractivity contribution in [1.29, 1.82) is 0 Å². The predicted octanol–water partition coefficient (Wildman–Crippen LogP) is 9.34. The molecule has 17 heteroatoms. The summed E-state index contributed by atoms with van der Waals surface area (Å²) in [6.45, 7) is 14.0. The average Bonchev–Trinajstić information content (AvgIpc) is 3.62. The third-order valence-electron chi connectivity index (χ3n) is 11.6. The largest absolute Gasteiger partial charge is 0.444 e. The number of fused-ring (bicyclic) bond motifs is 1. The Bertz CT molecular complexity index is 2590. The minimum atomic E-state index is -3.92. The maximum absolute atomic E-state index is 13.4. The summed E-state index contributed by atoms with van der Waals surface area (Å²) in [5.74, 6) is -0.930. The molecule has 4 aromatic rings. The molecule has 358 valence electrons. The van der Waals surface area contributed by atoms with Crippen LogP contribution in [-0.2, 0) is 42.1 Å². The van der Waals surface area contributed by atoms with E-state index in [2.05, 4.69) is 15.5 Å². The van der Waals surface area contributed by atoms with E-state index in [0.29, 0.717) is 68.1 Å². The van der Waals surface area contributed by atoms with E-state index in [9.17, 15) is 31.9 Å². The van der Waals surface area contributed by atoms with Crippen molar-refractivity contribution in [3.05, 3.63) is 137 Å². The van der Waals surface area contributed by atoms with E-state index >= 15 is 0 Å². The van der Waals surface area contributed by atoms with Crippen molar-refractivity contribution >= 4 is 65.6 Å². The number of ether oxygens (including phenoxy) is 2. The molecule has 15 nitrogen and oxygen atoms in total. The highest BCUT2D eigenvalue weighted by Crippen LogP contribution is 2.62. The van der Waals surface area contributed by atoms with Crippen LogP contribution in [0.1, 0.15) is 82.6 Å². The number of nitrogens with one attached hydrogen (secondary N) is 2. The quantitative estimate of drug-likeness (QED) is 0.0999. The first-order chi connectivity index (χ1) is 32.0. The van der Waals surface area contributed by atoms with Gasteiger partial charge in [-0.3, -0.25) is 18.7 Å². The predicted molar refractivity (Wildman–Crippen MR) is 265 cm³/mol. The van der Waals surface area contributed by atoms with Crippen LogP contribution in [0.15, 0.2) is 115 Å². The Balaban J connectivity index is 0.000000201. The van der Waals surface area contributed by atoms with E-state index in [0.717, 1.165) is 47.1 Å². The summed E-state index contributed by atoms with van der Waals surface area (Å²) < 4.78 is 61.9. The second-order valence-electron chi connectivity index (χ2n) is 17.7. The van der Waals surface area contributed by atoms with E-state index in [1.54, 1.807) is 41.3 Å². The van der Waals surface area contributed by atoms with Crippen molar-refractivity contribution in [2.75, 3.05) is 61.5 Å². The van der Waals surface area contributed by atoms with Gasteiger partial charge in [0.05, 0.1) is 13.2 Å². The topological polar surface area (TPSA) is 181 Å². The zero-order chi connectivity index (χ0) is 47.9. The molecule has 0 aromatic heterocycles. The number of anilines is 3. The summed E-state index contributed by atoms with van der Waals surface area (Å²) >= 11 is 0. The SMILES string of the molecule is CCCCN1C(=O)C(Nc2ccc(N3CCOCC3)cc2)=C(c2ccccc2)S1(=O)=O.CCCCN1C(=O)C(Nc2ccc3c(c2)CCN(C(=O)OC(C)(C)C)C3)=C(c2ccccc2)S1(O)O. The van der Waals surface area contributed by atoms with Gasteiger partial charge in [-0.2, -0.15) is 0 Å². The third-order valence-corrected chi connectivity index (χ3v) is 15.5. The summed E-state index contributed by atoms with van der Waals surface area (Å²) in [7, 11) is -7.40. The number of hydrogen-bond donors (Lipinski definition) is 4. The maximum atomic E-state index is 13.4. The molecule has 0 radical (unpaired) electrons. The van der Waals surface area contributed by atoms with Gasteiger partial charge in [0.15, 0.2) is 0 Å². The van der Waals surface area contributed by atoms with Crippen molar-refractivity contribution in [3.63, 3.8) is 0 Å². The fourth-order valence-electron chi connectivity index (χ4n) is 8.18. The fourth-order valence-corrected chi connectivity index (χ4v) is 11.7. The van der Waals surface area contributed by atoms with E-state index in [1.807, 2.05) is 101 Å². The molecule has 1 fully saturated rings. The first kappa shape index (κ1) is 49.1. The van der Waals surface area contributed by atoms with E-state index in [1.165, 1.54) is 4.31 Å². The summed E-state index contributed by atoms with van der Waals surface area (Å²) in [5, 5.41) is 6.30. The molecule has 8 rings (SSSR count). The number of nitrogens with zero attached hydrogens (tertiary/aromatic N) is 4. The Hall–Kier alpha value is -5.85. The van der Waals surface area contributed by atoms with Crippen LogP contribution < -0.4 is 15.5 Å². The van der Waals surface area contributed by atoms with E-state index in [4.69, 9.17) is 9.47 Å². The summed E-state index contributed by atoms with van der Waals surface area (Å²) in [5.41, 5.74) is 5.34. The molecule has 0 unspecified atom stereocenters. The lowest BCUT2D eigenvalue weighted by atomic mass is 9.99. The Kier molecular flexibility index (Phi) is 15.4. The van der Waals surface area contributed by atoms with Gasteiger partial charge < -0.3 is 29.9 Å². The number of benzene rings is 4. The standard InChI is InChI=1S/C27H35N3O5S.C23H27N3O4S/c1-5-6-15-30-25(31)23(24(36(30,33)34)19-10-8-7-9-11-19)28-22-13-12-21-18-29(16-14-20(21)17-22)26(32)35-27(2,3)4;1-2-3-13-26-23(27)21(22(31(26,28)29)18-7-5-4-6-8-18)24-19-9-11-20(12-10-19)25-14-16-30-17-15-25/h7-13,17,28,33-34H,5-6,14-16,18H2,1-4H3;4-12,24H,2-3,13-17H2,1H3. The van der Waals surface area contributed by atoms with Gasteiger partial charge in [0.1, 0.15) is 26.8 Å². The highest BCUT2D eigenvalue weighted by atomic mass is 32.3. The van der Waals surface area contributed by atoms with Gasteiger partial charge in [0.25, 0.3) is 21.8 Å². The van der Waals surface area contributed by atoms with Crippen LogP contribution in [0.2, 0.25) is 0 Å². The number of carbonyl (C=O) groups excluding carboxylic acids is 3. The van der Waals surface area contributed by atoms with Gasteiger partial charge in [-0.25, -0.2) is 21.8 Å². The molecule has 1 saturated heterocycles. The molecule has 0 bridgehead atoms. The molecular formula is C50H62N6O9S2. The minimum Gasteiger partial charge on any atom is -0.444 e. The average molecular weight is 955 g/mol. The van der Waals surface area contributed by atoms with Crippen molar-refractivity contribution in [2.24, 2.45) is 0 Å². The van der Waals surface area contributed by atoms with Crippen LogP contribution >= 0.6 is 10.8 Å². The molecule has 0 aliphatic carbocycles. The zero-order valence-electron chi connectivity index (χ0n) is 38.9. The summed E-state index contributed by atoms with van der Waals surface area (Å²) in [4.78, 5) is 43.2. The fraction of sp³-hybridized carbons (Fsp3) is 0.380. The number of unbranched alkanes of at least 4 members (excludes halogenated alkanes) is 2. The molecule has 67 heavy (non-hydrogen) atoms. The molecule has 0 atom stereocenters. The van der Waals surface area contributed by atoms with Gasteiger partial charge in [0, 0.05) is 61.9 Å². The summed E-state index contributed by atoms with van der Waals surface area (Å²) in [6.07, 6.45) is 3.24. The number of sulfonamides is 1. The number of rotatable bonds is 13. The van der Waals surface area contributed by atoms with Crippen molar-refractivity contribution in [1.82, 2.24) is 13.5 Å². The Labute approximate surface area is 396 Å². The molecule has 4 aromatic carbocycles. The van der Waals surface area contributed by atoms with Gasteiger partial charge in [0.2, 0.25) is 0 Å². The number of amides is 3. The Morgan fingerprint density at radius 1 is 0.701 bits per heavy atom. The van der Waals surface area contributed by atoms with Crippen molar-refractivity contribution < 1.29 is 41.4 Å². The van der Waals surface area contributed by atoms with Crippen LogP contribution in [0.25, 0.3) is 9.81 Å². The monoisotopic (exact) mass is 954 g/mol. The van der Waals surface area contributed by atoms with Crippen molar-refractivity contribution in [2.45, 2.75) is 78.9 Å². The van der Waals surface area contributed by atoms with E-state index < -0.39 is 38.2 Å². The van der Waals surface area contributed by atoms with Gasteiger partial charge in [-0.15, -0.1) is 0 Å². The minimum absolute atomic E-state index is 0.0338. The summed E-state index contributed by atoms with van der Waals surface area (Å²) in [6, 6.07) is 31.2. The van der Waals surface area contributed by atoms with Crippen LogP contribution in [0, 0.1) is 0 Å². The number of carbonyl (C=O) groups is 3. The van der Waals surface area contributed by atoms with Crippen molar-refractivity contribution in [3.8, 4) is 0 Å².